The Hall–Kier alpha value is -0.360. The van der Waals surface area contributed by atoms with Crippen LogP contribution in [-0.4, -0.2) is 130 Å². The lowest BCUT2D eigenvalue weighted by atomic mass is 9.97. The summed E-state index contributed by atoms with van der Waals surface area (Å²) in [5.74, 6) is 1.49. The third-order valence-corrected chi connectivity index (χ3v) is 7.87. The quantitative estimate of drug-likeness (QED) is 0.0871. The molecule has 1 saturated heterocycles. The molecule has 9 N–H and O–H groups in total. The molecule has 0 saturated carbocycles. The smallest absolute Gasteiger partial charge is 0.194 e. The maximum atomic E-state index is 10.3. The second-order valence-electron chi connectivity index (χ2n) is 8.29. The number of aliphatic hydroxyl groups excluding tert-OH is 6. The average molecular weight is 545 g/mol. The third kappa shape index (κ3) is 8.86. The van der Waals surface area contributed by atoms with Gasteiger partial charge in [-0.05, 0) is 18.6 Å². The van der Waals surface area contributed by atoms with Crippen LogP contribution in [0.3, 0.4) is 0 Å². The minimum atomic E-state index is -1.51. The number of nitrogens with two attached hydrogens (primary N) is 1. The molecule has 0 aromatic rings. The first-order valence-corrected chi connectivity index (χ1v) is 13.8. The molecule has 206 valence electrons. The predicted octanol–water partition coefficient (Wildman–Crippen LogP) is -1.55. The van der Waals surface area contributed by atoms with Crippen molar-refractivity contribution >= 4 is 23.5 Å². The van der Waals surface area contributed by atoms with Crippen LogP contribution < -0.4 is 11.1 Å². The molecule has 1 fully saturated rings. The van der Waals surface area contributed by atoms with Crippen molar-refractivity contribution in [1.29, 1.82) is 0 Å². The number of aliphatic hydroxyl groups is 6. The summed E-state index contributed by atoms with van der Waals surface area (Å²) in [5, 5.41) is 62.4. The molecule has 0 aromatic heterocycles. The summed E-state index contributed by atoms with van der Waals surface area (Å²) in [7, 11) is 1.48. The van der Waals surface area contributed by atoms with Crippen molar-refractivity contribution in [3.05, 3.63) is 10.9 Å². The molecule has 0 amide bonds. The second kappa shape index (κ2) is 15.8. The Morgan fingerprint density at radius 3 is 2.51 bits per heavy atom. The number of hydrogen-bond acceptors (Lipinski definition) is 14. The maximum absolute atomic E-state index is 10.3. The topological polar surface area (TPSA) is 196 Å². The lowest BCUT2D eigenvalue weighted by Crippen LogP contribution is -2.58. The van der Waals surface area contributed by atoms with Crippen LogP contribution in [0, 0.1) is 0 Å². The largest absolute Gasteiger partial charge is 0.506 e. The molecule has 35 heavy (non-hydrogen) atoms. The van der Waals surface area contributed by atoms with E-state index in [0.717, 1.165) is 29.7 Å². The molecule has 0 aromatic carbocycles. The monoisotopic (exact) mass is 544 g/mol. The van der Waals surface area contributed by atoms with E-state index >= 15 is 0 Å². The number of thioether (sulfide) groups is 2. The van der Waals surface area contributed by atoms with Crippen LogP contribution in [0.1, 0.15) is 19.8 Å². The van der Waals surface area contributed by atoms with E-state index in [2.05, 4.69) is 5.32 Å². The van der Waals surface area contributed by atoms with Gasteiger partial charge < -0.3 is 60.6 Å². The van der Waals surface area contributed by atoms with Crippen molar-refractivity contribution in [2.45, 2.75) is 74.9 Å². The molecular weight excluding hydrogens is 504 g/mol. The molecular formula is C21H40N2O10S2. The van der Waals surface area contributed by atoms with Crippen LogP contribution in [0.4, 0.5) is 0 Å². The summed E-state index contributed by atoms with van der Waals surface area (Å²) in [6.07, 6.45) is -7.09. The van der Waals surface area contributed by atoms with Gasteiger partial charge in [0.2, 0.25) is 0 Å². The van der Waals surface area contributed by atoms with Crippen molar-refractivity contribution < 1.29 is 49.6 Å². The van der Waals surface area contributed by atoms with Crippen molar-refractivity contribution in [3.63, 3.8) is 0 Å². The van der Waals surface area contributed by atoms with E-state index in [4.69, 9.17) is 24.7 Å². The molecule has 12 nitrogen and oxygen atoms in total. The molecule has 0 radical (unpaired) electrons. The van der Waals surface area contributed by atoms with Gasteiger partial charge in [0.25, 0.3) is 0 Å². The Morgan fingerprint density at radius 2 is 1.86 bits per heavy atom. The first kappa shape index (κ1) is 30.9. The Balaban J connectivity index is 1.57. The molecule has 8 unspecified atom stereocenters. The lowest BCUT2D eigenvalue weighted by molar-refractivity contribution is -0.299. The van der Waals surface area contributed by atoms with Crippen molar-refractivity contribution in [2.24, 2.45) is 5.73 Å². The van der Waals surface area contributed by atoms with Gasteiger partial charge in [-0.15, -0.1) is 0 Å². The van der Waals surface area contributed by atoms with Crippen LogP contribution in [0.5, 0.6) is 0 Å². The van der Waals surface area contributed by atoms with E-state index in [1.165, 1.54) is 7.11 Å². The highest BCUT2D eigenvalue weighted by Crippen LogP contribution is 2.31. The number of rotatable bonds is 15. The van der Waals surface area contributed by atoms with Crippen LogP contribution in [-0.2, 0) is 18.9 Å². The van der Waals surface area contributed by atoms with Crippen LogP contribution in [0.25, 0.3) is 0 Å². The highest BCUT2D eigenvalue weighted by Gasteiger charge is 2.44. The number of methoxy groups -OCH3 is 1. The minimum absolute atomic E-state index is 0.0374. The van der Waals surface area contributed by atoms with Gasteiger partial charge in [0.1, 0.15) is 30.5 Å². The fourth-order valence-corrected chi connectivity index (χ4v) is 5.34. The lowest BCUT2D eigenvalue weighted by Gasteiger charge is -2.41. The maximum Gasteiger partial charge on any atom is 0.194 e. The number of nitrogens with one attached hydrogen (secondary N) is 1. The standard InChI is InChI=1S/C21H40N2O10S2/c1-3-11-14(25)17(28)19(20(30-2)32-11)31-6-4-7-34-8-5-23-13(22)10-35-21-18(29)16(27)15(26)12(9-24)33-21/h11-17,19-20,23-29H,3-10,22H2,1-2H3/t11?,12?,13?,14-,15?,16?,17?,19?,20?/m1/s1. The fourth-order valence-electron chi connectivity index (χ4n) is 3.64. The van der Waals surface area contributed by atoms with E-state index in [1.807, 2.05) is 6.92 Å². The van der Waals surface area contributed by atoms with E-state index in [0.29, 0.717) is 25.3 Å². The molecule has 2 aliphatic heterocycles. The molecule has 9 atom stereocenters. The van der Waals surface area contributed by atoms with Gasteiger partial charge >= 0.3 is 0 Å². The molecule has 2 heterocycles. The van der Waals surface area contributed by atoms with Gasteiger partial charge in [-0.1, -0.05) is 18.7 Å². The van der Waals surface area contributed by atoms with E-state index in [9.17, 15) is 30.6 Å². The third-order valence-electron chi connectivity index (χ3n) is 5.70. The zero-order valence-corrected chi connectivity index (χ0v) is 21.7. The fraction of sp³-hybridized carbons (Fsp3) is 0.905. The molecule has 0 aliphatic carbocycles. The van der Waals surface area contributed by atoms with Crippen molar-refractivity contribution in [1.82, 2.24) is 5.32 Å². The van der Waals surface area contributed by atoms with Gasteiger partial charge in [-0.2, -0.15) is 11.8 Å². The van der Waals surface area contributed by atoms with Crippen molar-refractivity contribution in [3.8, 4) is 0 Å². The first-order valence-electron chi connectivity index (χ1n) is 11.7. The average Bonchev–Trinajstić information content (AvgIpc) is 2.86. The Labute approximate surface area is 214 Å². The van der Waals surface area contributed by atoms with Crippen LogP contribution >= 0.6 is 23.5 Å². The highest BCUT2D eigenvalue weighted by molar-refractivity contribution is 8.02. The van der Waals surface area contributed by atoms with Gasteiger partial charge in [0.05, 0.1) is 18.9 Å². The predicted molar refractivity (Wildman–Crippen MR) is 132 cm³/mol. The Kier molecular flexibility index (Phi) is 13.9. The minimum Gasteiger partial charge on any atom is -0.506 e. The summed E-state index contributed by atoms with van der Waals surface area (Å²) in [4.78, 5) is 0. The summed E-state index contributed by atoms with van der Waals surface area (Å²) in [5.41, 5.74) is 6.03. The first-order chi connectivity index (χ1) is 16.7. The van der Waals surface area contributed by atoms with E-state index < -0.39 is 67.5 Å². The molecule has 2 aliphatic rings. The van der Waals surface area contributed by atoms with E-state index in [1.54, 1.807) is 11.8 Å². The zero-order valence-electron chi connectivity index (χ0n) is 20.1. The Bertz CT molecular complexity index is 647. The van der Waals surface area contributed by atoms with Gasteiger partial charge in [0.15, 0.2) is 23.2 Å². The zero-order chi connectivity index (χ0) is 26.0. The highest BCUT2D eigenvalue weighted by atomic mass is 32.2. The SMILES string of the molecule is CCC1OC(OC)C(OCCCSCCNC(N)CSC2=C(O)C(O)C(O)C(CO)O2)C(O)[C@@H]1O. The second-order valence-corrected chi connectivity index (χ2v) is 10.5. The van der Waals surface area contributed by atoms with E-state index in [-0.39, 0.29) is 5.09 Å². The van der Waals surface area contributed by atoms with Crippen molar-refractivity contribution in [2.75, 3.05) is 44.1 Å². The molecule has 0 spiro atoms. The van der Waals surface area contributed by atoms with Crippen LogP contribution in [0.2, 0.25) is 0 Å². The summed E-state index contributed by atoms with van der Waals surface area (Å²) in [6.45, 7) is 2.40. The van der Waals surface area contributed by atoms with Gasteiger partial charge in [-0.25, -0.2) is 0 Å². The normalized spacial score (nSPS) is 34.6. The summed E-state index contributed by atoms with van der Waals surface area (Å²) in [6, 6.07) is 0. The van der Waals surface area contributed by atoms with Gasteiger partial charge in [0, 0.05) is 31.8 Å². The summed E-state index contributed by atoms with van der Waals surface area (Å²) >= 11 is 2.79. The molecule has 0 bridgehead atoms. The number of hydrogen-bond donors (Lipinski definition) is 8. The Morgan fingerprint density at radius 1 is 1.11 bits per heavy atom. The molecule has 14 heteroatoms. The molecule has 2 rings (SSSR count). The number of ether oxygens (including phenoxy) is 4. The summed E-state index contributed by atoms with van der Waals surface area (Å²) < 4.78 is 22.0. The van der Waals surface area contributed by atoms with Crippen LogP contribution in [0.15, 0.2) is 10.9 Å². The van der Waals surface area contributed by atoms with Gasteiger partial charge in [-0.3, -0.25) is 0 Å².